The summed E-state index contributed by atoms with van der Waals surface area (Å²) in [4.78, 5) is 4.37. The average molecular weight is 286 g/mol. The maximum Gasteiger partial charge on any atom is 0.205 e. The zero-order valence-corrected chi connectivity index (χ0v) is 12.1. The van der Waals surface area contributed by atoms with Crippen molar-refractivity contribution in [3.63, 3.8) is 0 Å². The third kappa shape index (κ3) is 2.14. The number of hydrogen-bond donors (Lipinski definition) is 1. The second-order valence-corrected chi connectivity index (χ2v) is 5.24. The smallest absolute Gasteiger partial charge is 0.205 e. The van der Waals surface area contributed by atoms with Crippen molar-refractivity contribution in [2.75, 3.05) is 5.73 Å². The van der Waals surface area contributed by atoms with Gasteiger partial charge in [-0.2, -0.15) is 0 Å². The van der Waals surface area contributed by atoms with E-state index in [-0.39, 0.29) is 0 Å². The van der Waals surface area contributed by atoms with Gasteiger partial charge in [0.2, 0.25) is 5.95 Å². The van der Waals surface area contributed by atoms with Crippen LogP contribution in [0.15, 0.2) is 42.5 Å². The van der Waals surface area contributed by atoms with Crippen LogP contribution in [0.2, 0.25) is 5.02 Å². The molecule has 0 amide bonds. The molecule has 0 unspecified atom stereocenters. The Labute approximate surface area is 123 Å². The molecular formula is C16H16ClN3. The van der Waals surface area contributed by atoms with Gasteiger partial charge in [0, 0.05) is 5.69 Å². The van der Waals surface area contributed by atoms with E-state index < -0.39 is 0 Å². The Hall–Kier alpha value is -2.00. The van der Waals surface area contributed by atoms with E-state index >= 15 is 0 Å². The number of aromatic nitrogens is 2. The number of halogens is 1. The Balaban J connectivity index is 2.16. The molecule has 1 aromatic heterocycles. The molecule has 0 bridgehead atoms. The van der Waals surface area contributed by atoms with Gasteiger partial charge >= 0.3 is 0 Å². The molecule has 0 aliphatic rings. The van der Waals surface area contributed by atoms with Crippen LogP contribution in [0.25, 0.3) is 16.7 Å². The van der Waals surface area contributed by atoms with Gasteiger partial charge in [0.15, 0.2) is 0 Å². The lowest BCUT2D eigenvalue weighted by Gasteiger charge is -2.08. The zero-order valence-electron chi connectivity index (χ0n) is 11.3. The van der Waals surface area contributed by atoms with Crippen LogP contribution in [-0.2, 0) is 6.42 Å². The van der Waals surface area contributed by atoms with Crippen LogP contribution in [0.3, 0.4) is 0 Å². The molecule has 0 radical (unpaired) electrons. The third-order valence-electron chi connectivity index (χ3n) is 3.39. The molecule has 2 N–H and O–H groups in total. The van der Waals surface area contributed by atoms with E-state index in [2.05, 4.69) is 36.2 Å². The minimum Gasteiger partial charge on any atom is -0.369 e. The summed E-state index contributed by atoms with van der Waals surface area (Å²) in [7, 11) is 0. The molecule has 0 aliphatic carbocycles. The number of nitrogens with zero attached hydrogens (tertiary/aromatic N) is 2. The topological polar surface area (TPSA) is 43.8 Å². The van der Waals surface area contributed by atoms with Gasteiger partial charge in [0.25, 0.3) is 0 Å². The minimum absolute atomic E-state index is 0.455. The number of anilines is 1. The highest BCUT2D eigenvalue weighted by molar-refractivity contribution is 6.35. The predicted octanol–water partition coefficient (Wildman–Crippen LogP) is 4.21. The van der Waals surface area contributed by atoms with Gasteiger partial charge in [-0.3, -0.25) is 4.57 Å². The van der Waals surface area contributed by atoms with Gasteiger partial charge in [-0.15, -0.1) is 0 Å². The molecule has 0 saturated carbocycles. The number of para-hydroxylation sites is 1. The Kier molecular flexibility index (Phi) is 3.36. The summed E-state index contributed by atoms with van der Waals surface area (Å²) < 4.78 is 1.90. The van der Waals surface area contributed by atoms with Crippen molar-refractivity contribution < 1.29 is 0 Å². The van der Waals surface area contributed by atoms with Gasteiger partial charge in [-0.1, -0.05) is 43.1 Å². The summed E-state index contributed by atoms with van der Waals surface area (Å²) >= 11 is 6.29. The zero-order chi connectivity index (χ0) is 14.1. The highest BCUT2D eigenvalue weighted by Crippen LogP contribution is 2.29. The van der Waals surface area contributed by atoms with E-state index in [1.54, 1.807) is 0 Å². The molecule has 4 heteroatoms. The number of hydrogen-bond acceptors (Lipinski definition) is 2. The third-order valence-corrected chi connectivity index (χ3v) is 3.69. The van der Waals surface area contributed by atoms with Crippen LogP contribution in [0.4, 0.5) is 5.95 Å². The second kappa shape index (κ2) is 5.17. The van der Waals surface area contributed by atoms with E-state index in [1.165, 1.54) is 5.56 Å². The van der Waals surface area contributed by atoms with Crippen molar-refractivity contribution in [2.45, 2.75) is 19.8 Å². The quantitative estimate of drug-likeness (QED) is 0.783. The number of imidazole rings is 1. The fourth-order valence-corrected chi connectivity index (χ4v) is 2.72. The van der Waals surface area contributed by atoms with E-state index in [1.807, 2.05) is 22.8 Å². The normalized spacial score (nSPS) is 11.1. The number of nitrogens with two attached hydrogens (primary N) is 1. The first kappa shape index (κ1) is 13.0. The monoisotopic (exact) mass is 285 g/mol. The maximum atomic E-state index is 6.29. The fourth-order valence-electron chi connectivity index (χ4n) is 2.47. The van der Waals surface area contributed by atoms with Crippen LogP contribution in [0, 0.1) is 0 Å². The largest absolute Gasteiger partial charge is 0.369 e. The molecule has 0 saturated heterocycles. The minimum atomic E-state index is 0.455. The van der Waals surface area contributed by atoms with Gasteiger partial charge in [0.1, 0.15) is 0 Å². The number of benzene rings is 2. The molecule has 0 fully saturated rings. The van der Waals surface area contributed by atoms with Crippen molar-refractivity contribution in [2.24, 2.45) is 0 Å². The van der Waals surface area contributed by atoms with Crippen molar-refractivity contribution in [3.8, 4) is 5.69 Å². The molecule has 3 nitrogen and oxygen atoms in total. The summed E-state index contributed by atoms with van der Waals surface area (Å²) in [6.45, 7) is 2.18. The average Bonchev–Trinajstić information content (AvgIpc) is 2.78. The summed E-state index contributed by atoms with van der Waals surface area (Å²) in [5, 5.41) is 0.657. The molecule has 0 atom stereocenters. The van der Waals surface area contributed by atoms with Crippen LogP contribution in [0.5, 0.6) is 0 Å². The Morgan fingerprint density at radius 2 is 1.90 bits per heavy atom. The van der Waals surface area contributed by atoms with E-state index in [4.69, 9.17) is 17.3 Å². The Morgan fingerprint density at radius 1 is 1.15 bits per heavy atom. The van der Waals surface area contributed by atoms with Crippen LogP contribution in [-0.4, -0.2) is 9.55 Å². The van der Waals surface area contributed by atoms with Crippen molar-refractivity contribution in [1.29, 1.82) is 0 Å². The number of aryl methyl sites for hydroxylation is 1. The summed E-state index contributed by atoms with van der Waals surface area (Å²) in [6, 6.07) is 14.0. The molecule has 0 aliphatic heterocycles. The molecule has 2 aromatic carbocycles. The lowest BCUT2D eigenvalue weighted by Crippen LogP contribution is -2.01. The number of rotatable bonds is 3. The van der Waals surface area contributed by atoms with E-state index in [0.29, 0.717) is 11.0 Å². The fraction of sp³-hybridized carbons (Fsp3) is 0.188. The van der Waals surface area contributed by atoms with Crippen LogP contribution < -0.4 is 5.73 Å². The van der Waals surface area contributed by atoms with Gasteiger partial charge in [-0.05, 0) is 36.2 Å². The van der Waals surface area contributed by atoms with Gasteiger partial charge in [-0.25, -0.2) is 4.98 Å². The highest BCUT2D eigenvalue weighted by Gasteiger charge is 2.12. The van der Waals surface area contributed by atoms with E-state index in [9.17, 15) is 0 Å². The van der Waals surface area contributed by atoms with Crippen LogP contribution >= 0.6 is 11.6 Å². The molecule has 3 rings (SSSR count). The molecule has 102 valence electrons. The van der Waals surface area contributed by atoms with Crippen LogP contribution in [0.1, 0.15) is 18.9 Å². The second-order valence-electron chi connectivity index (χ2n) is 4.83. The molecule has 20 heavy (non-hydrogen) atoms. The molecule has 0 spiro atoms. The molecule has 1 heterocycles. The summed E-state index contributed by atoms with van der Waals surface area (Å²) in [5.74, 6) is 0.455. The standard InChI is InChI=1S/C16H16ClN3/c1-2-4-11-7-9-12(10-8-11)20-15-13(17)5-3-6-14(15)19-16(20)18/h3,5-10H,2,4H2,1H3,(H2,18,19). The van der Waals surface area contributed by atoms with E-state index in [0.717, 1.165) is 29.6 Å². The predicted molar refractivity (Wildman–Crippen MR) is 84.5 cm³/mol. The summed E-state index contributed by atoms with van der Waals surface area (Å²) in [5.41, 5.74) is 10.0. The first-order valence-corrected chi connectivity index (χ1v) is 7.10. The Morgan fingerprint density at radius 3 is 2.60 bits per heavy atom. The van der Waals surface area contributed by atoms with Crippen molar-refractivity contribution >= 4 is 28.6 Å². The molecule has 3 aromatic rings. The first-order valence-electron chi connectivity index (χ1n) is 6.72. The number of fused-ring (bicyclic) bond motifs is 1. The lowest BCUT2D eigenvalue weighted by atomic mass is 10.1. The molecular weight excluding hydrogens is 270 g/mol. The maximum absolute atomic E-state index is 6.29. The highest BCUT2D eigenvalue weighted by atomic mass is 35.5. The SMILES string of the molecule is CCCc1ccc(-n2c(N)nc3cccc(Cl)c32)cc1. The van der Waals surface area contributed by atoms with Gasteiger partial charge in [0.05, 0.1) is 16.1 Å². The number of nitrogen functional groups attached to an aromatic ring is 1. The van der Waals surface area contributed by atoms with Crippen molar-refractivity contribution in [1.82, 2.24) is 9.55 Å². The lowest BCUT2D eigenvalue weighted by molar-refractivity contribution is 0.920. The van der Waals surface area contributed by atoms with Gasteiger partial charge < -0.3 is 5.73 Å². The first-order chi connectivity index (χ1) is 9.70. The van der Waals surface area contributed by atoms with Crippen molar-refractivity contribution in [3.05, 3.63) is 53.1 Å². The Bertz CT molecular complexity index is 744. The summed E-state index contributed by atoms with van der Waals surface area (Å²) in [6.07, 6.45) is 2.22.